The molecule has 1 amide bonds. The van der Waals surface area contributed by atoms with Gasteiger partial charge in [0, 0.05) is 56.6 Å². The second-order valence-corrected chi connectivity index (χ2v) is 9.28. The van der Waals surface area contributed by atoms with E-state index in [0.717, 1.165) is 37.3 Å². The molecule has 1 atom stereocenters. The smallest absolute Gasteiger partial charge is 0.236 e. The lowest BCUT2D eigenvalue weighted by Crippen LogP contribution is -2.51. The minimum absolute atomic E-state index is 0.132. The second kappa shape index (κ2) is 9.25. The number of aromatic nitrogens is 4. The molecule has 2 fully saturated rings. The molecule has 0 radical (unpaired) electrons. The molecule has 4 aromatic rings. The summed E-state index contributed by atoms with van der Waals surface area (Å²) < 4.78 is 6.91. The summed E-state index contributed by atoms with van der Waals surface area (Å²) in [4.78, 5) is 28.0. The number of amides is 1. The number of carbonyl (C=O) groups is 1. The summed E-state index contributed by atoms with van der Waals surface area (Å²) in [6.45, 7) is 4.60. The number of carbonyl (C=O) groups excluding carboxylic acids is 1. The molecule has 0 saturated carbocycles. The van der Waals surface area contributed by atoms with Gasteiger partial charge in [-0.05, 0) is 30.7 Å². The van der Waals surface area contributed by atoms with Crippen molar-refractivity contribution in [2.75, 3.05) is 56.4 Å². The monoisotopic (exact) mass is 488 g/mol. The Hall–Kier alpha value is -3.96. The van der Waals surface area contributed by atoms with Gasteiger partial charge in [0.15, 0.2) is 11.4 Å². The zero-order chi connectivity index (χ0) is 24.6. The van der Waals surface area contributed by atoms with Crippen molar-refractivity contribution in [2.24, 2.45) is 0 Å². The normalized spacial score (nSPS) is 18.9. The maximum Gasteiger partial charge on any atom is 0.236 e. The van der Waals surface area contributed by atoms with Crippen molar-refractivity contribution in [1.29, 1.82) is 0 Å². The molecule has 1 unspecified atom stereocenters. The van der Waals surface area contributed by atoms with Crippen LogP contribution in [0.25, 0.3) is 28.5 Å². The van der Waals surface area contributed by atoms with Gasteiger partial charge in [0.1, 0.15) is 0 Å². The average Bonchev–Trinajstić information content (AvgIpc) is 3.65. The van der Waals surface area contributed by atoms with Crippen LogP contribution in [-0.2, 0) is 4.79 Å². The molecule has 6 rings (SSSR count). The molecule has 186 valence electrons. The molecule has 5 heterocycles. The summed E-state index contributed by atoms with van der Waals surface area (Å²) in [5, 5.41) is 14.1. The van der Waals surface area contributed by atoms with Crippen LogP contribution in [0.3, 0.4) is 0 Å². The fraction of sp³-hybridized carbons (Fsp3) is 0.360. The van der Waals surface area contributed by atoms with Gasteiger partial charge in [0.05, 0.1) is 24.6 Å². The number of benzene rings is 1. The van der Waals surface area contributed by atoms with E-state index in [0.29, 0.717) is 49.1 Å². The van der Waals surface area contributed by atoms with Crippen molar-refractivity contribution in [3.8, 4) is 22.8 Å². The Morgan fingerprint density at radius 2 is 1.94 bits per heavy atom. The maximum absolute atomic E-state index is 12.7. The molecule has 3 aromatic heterocycles. The van der Waals surface area contributed by atoms with Crippen molar-refractivity contribution in [3.63, 3.8) is 0 Å². The number of aliphatic hydroxyl groups excluding tert-OH is 1. The predicted octanol–water partition coefficient (Wildman–Crippen LogP) is 1.35. The van der Waals surface area contributed by atoms with Crippen molar-refractivity contribution in [3.05, 3.63) is 48.7 Å². The minimum atomic E-state index is -0.310. The molecule has 0 spiro atoms. The number of nitrogens with two attached hydrogens (primary N) is 1. The Labute approximate surface area is 207 Å². The highest BCUT2D eigenvalue weighted by atomic mass is 16.3. The van der Waals surface area contributed by atoms with E-state index >= 15 is 0 Å². The van der Waals surface area contributed by atoms with Crippen LogP contribution in [0, 0.1) is 0 Å². The molecule has 11 nitrogen and oxygen atoms in total. The van der Waals surface area contributed by atoms with Gasteiger partial charge in [-0.15, -0.1) is 5.10 Å². The Morgan fingerprint density at radius 3 is 2.69 bits per heavy atom. The van der Waals surface area contributed by atoms with E-state index in [4.69, 9.17) is 10.2 Å². The van der Waals surface area contributed by atoms with Crippen LogP contribution in [0.15, 0.2) is 53.1 Å². The van der Waals surface area contributed by atoms with E-state index in [1.165, 1.54) is 4.52 Å². The lowest BCUT2D eigenvalue weighted by molar-refractivity contribution is -0.132. The molecule has 0 bridgehead atoms. The van der Waals surface area contributed by atoms with Crippen LogP contribution < -0.4 is 10.6 Å². The molecule has 1 aromatic carbocycles. The molecule has 11 heteroatoms. The first-order valence-electron chi connectivity index (χ1n) is 12.1. The minimum Gasteiger partial charge on any atom is -0.461 e. The van der Waals surface area contributed by atoms with Crippen LogP contribution >= 0.6 is 0 Å². The summed E-state index contributed by atoms with van der Waals surface area (Å²) in [7, 11) is 0. The summed E-state index contributed by atoms with van der Waals surface area (Å²) in [5.74, 6) is 1.40. The molecule has 2 saturated heterocycles. The maximum atomic E-state index is 12.7. The van der Waals surface area contributed by atoms with Crippen LogP contribution in [0.2, 0.25) is 0 Å². The van der Waals surface area contributed by atoms with Crippen LogP contribution in [0.5, 0.6) is 0 Å². The number of nitrogens with zero attached hydrogens (tertiary/aromatic N) is 7. The number of furan rings is 1. The lowest BCUT2D eigenvalue weighted by Gasteiger charge is -2.37. The molecular weight excluding hydrogens is 460 g/mol. The van der Waals surface area contributed by atoms with Gasteiger partial charge in [-0.25, -0.2) is 9.97 Å². The largest absolute Gasteiger partial charge is 0.461 e. The number of hydrogen-bond acceptors (Lipinski definition) is 9. The Balaban J connectivity index is 1.16. The number of likely N-dealkylation sites (tertiary alicyclic amines) is 1. The topological polar surface area (TPSA) is 129 Å². The van der Waals surface area contributed by atoms with Crippen LogP contribution in [-0.4, -0.2) is 92.3 Å². The predicted molar refractivity (Wildman–Crippen MR) is 134 cm³/mol. The number of rotatable bonds is 5. The van der Waals surface area contributed by atoms with Crippen molar-refractivity contribution in [1.82, 2.24) is 29.4 Å². The van der Waals surface area contributed by atoms with Crippen molar-refractivity contribution < 1.29 is 14.3 Å². The Kier molecular flexibility index (Phi) is 5.78. The van der Waals surface area contributed by atoms with Crippen molar-refractivity contribution in [2.45, 2.75) is 12.5 Å². The molecule has 0 aliphatic carbocycles. The number of aliphatic hydroxyl groups is 1. The second-order valence-electron chi connectivity index (χ2n) is 9.28. The summed E-state index contributed by atoms with van der Waals surface area (Å²) in [5.41, 5.74) is 9.50. The standard InChI is InChI=1S/C25H28N8O3/c26-25-27-20(14-22-28-24(29-33(22)25)21-5-2-12-36-21)17-3-1-4-18(13-17)31-8-10-32(11-9-31)23(35)16-30-7-6-19(34)15-30/h1-5,12-14,19,34H,6-11,15-16H2,(H2,26,27). The van der Waals surface area contributed by atoms with Crippen molar-refractivity contribution >= 4 is 23.2 Å². The molecular formula is C25H28N8O3. The highest BCUT2D eigenvalue weighted by Crippen LogP contribution is 2.27. The van der Waals surface area contributed by atoms with E-state index < -0.39 is 0 Å². The third-order valence-corrected chi connectivity index (χ3v) is 6.84. The summed E-state index contributed by atoms with van der Waals surface area (Å²) in [6, 6.07) is 13.6. The first kappa shape index (κ1) is 22.5. The van der Waals surface area contributed by atoms with Crippen LogP contribution in [0.4, 0.5) is 11.6 Å². The van der Waals surface area contributed by atoms with Gasteiger partial charge in [-0.3, -0.25) is 9.69 Å². The number of nitrogen functional groups attached to an aromatic ring is 1. The van der Waals surface area contributed by atoms with Gasteiger partial charge in [0.2, 0.25) is 17.7 Å². The summed E-state index contributed by atoms with van der Waals surface area (Å²) in [6.07, 6.45) is 2.01. The van der Waals surface area contributed by atoms with E-state index in [1.807, 2.05) is 28.0 Å². The fourth-order valence-electron chi connectivity index (χ4n) is 4.89. The van der Waals surface area contributed by atoms with E-state index in [1.54, 1.807) is 18.4 Å². The van der Waals surface area contributed by atoms with Gasteiger partial charge >= 0.3 is 0 Å². The molecule has 2 aliphatic heterocycles. The number of anilines is 2. The quantitative estimate of drug-likeness (QED) is 0.428. The third-order valence-electron chi connectivity index (χ3n) is 6.84. The van der Waals surface area contributed by atoms with E-state index in [-0.39, 0.29) is 18.0 Å². The number of hydrogen-bond donors (Lipinski definition) is 2. The third kappa shape index (κ3) is 4.38. The average molecular weight is 489 g/mol. The molecule has 36 heavy (non-hydrogen) atoms. The van der Waals surface area contributed by atoms with Gasteiger partial charge in [0.25, 0.3) is 0 Å². The highest BCUT2D eigenvalue weighted by Gasteiger charge is 2.26. The molecule has 2 aliphatic rings. The molecule has 3 N–H and O–H groups in total. The number of piperazine rings is 1. The number of β-amino-alcohol motifs (C(OH)–C–C–N with tert-alkyl or cyclic N) is 1. The van der Waals surface area contributed by atoms with Gasteiger partial charge < -0.3 is 25.1 Å². The fourth-order valence-corrected chi connectivity index (χ4v) is 4.89. The van der Waals surface area contributed by atoms with E-state index in [2.05, 4.69) is 32.1 Å². The SMILES string of the molecule is Nc1nc(-c2cccc(N3CCN(C(=O)CN4CCC(O)C4)CC3)c2)cc2nc(-c3ccco3)nn12. The zero-order valence-corrected chi connectivity index (χ0v) is 19.8. The Morgan fingerprint density at radius 1 is 1.08 bits per heavy atom. The summed E-state index contributed by atoms with van der Waals surface area (Å²) >= 11 is 0. The highest BCUT2D eigenvalue weighted by molar-refractivity contribution is 5.79. The first-order chi connectivity index (χ1) is 17.5. The van der Waals surface area contributed by atoms with E-state index in [9.17, 15) is 9.90 Å². The number of fused-ring (bicyclic) bond motifs is 1. The zero-order valence-electron chi connectivity index (χ0n) is 19.8. The van der Waals surface area contributed by atoms with Gasteiger partial charge in [-0.1, -0.05) is 12.1 Å². The lowest BCUT2D eigenvalue weighted by atomic mass is 10.1. The van der Waals surface area contributed by atoms with Crippen LogP contribution in [0.1, 0.15) is 6.42 Å². The first-order valence-corrected chi connectivity index (χ1v) is 12.1. The Bertz CT molecular complexity index is 1380. The van der Waals surface area contributed by atoms with Gasteiger partial charge in [-0.2, -0.15) is 4.52 Å².